The fraction of sp³-hybridized carbons (Fsp3) is 0.294. The van der Waals surface area contributed by atoms with Crippen LogP contribution in [0.5, 0.6) is 0 Å². The number of fused-ring (bicyclic) bond motifs is 3. The molecule has 0 aliphatic carbocycles. The van der Waals surface area contributed by atoms with Crippen molar-refractivity contribution in [3.05, 3.63) is 52.4 Å². The molecule has 1 saturated heterocycles. The molecule has 0 unspecified atom stereocenters. The lowest BCUT2D eigenvalue weighted by Gasteiger charge is -2.32. The number of rotatable bonds is 2. The van der Waals surface area contributed by atoms with Gasteiger partial charge < -0.3 is 15.5 Å². The van der Waals surface area contributed by atoms with Gasteiger partial charge in [-0.25, -0.2) is 4.68 Å². The highest BCUT2D eigenvalue weighted by Gasteiger charge is 2.41. The number of anilines is 2. The second-order valence-electron chi connectivity index (χ2n) is 6.26. The molecule has 3 heterocycles. The van der Waals surface area contributed by atoms with E-state index in [0.29, 0.717) is 13.0 Å². The number of carbonyl (C=O) groups is 2. The van der Waals surface area contributed by atoms with Crippen molar-refractivity contribution in [2.45, 2.75) is 18.5 Å². The first-order valence-corrected chi connectivity index (χ1v) is 8.04. The van der Waals surface area contributed by atoms with Gasteiger partial charge in [-0.1, -0.05) is 12.1 Å². The van der Waals surface area contributed by atoms with Crippen molar-refractivity contribution in [3.63, 3.8) is 0 Å². The SMILES string of the molecule is Cn1nc(C(=O)N[C@@H]2C[C@H]3C(=O)Nc4ccccc4N3C2)ccc1=O. The van der Waals surface area contributed by atoms with E-state index in [4.69, 9.17) is 0 Å². The standard InChI is InChI=1S/C17H17N5O3/c1-21-15(23)7-6-12(20-21)16(24)18-10-8-14-17(25)19-11-4-2-3-5-13(11)22(14)9-10/h2-7,10,14H,8-9H2,1H3,(H,18,24)(H,19,25)/t10-,14+/m1/s1. The van der Waals surface area contributed by atoms with Gasteiger partial charge in [-0.15, -0.1) is 0 Å². The number of nitrogens with zero attached hydrogens (tertiary/aromatic N) is 3. The van der Waals surface area contributed by atoms with Gasteiger partial charge in [0, 0.05) is 25.7 Å². The van der Waals surface area contributed by atoms with Gasteiger partial charge in [0.05, 0.1) is 11.4 Å². The number of aromatic nitrogens is 2. The third kappa shape index (κ3) is 2.65. The smallest absolute Gasteiger partial charge is 0.272 e. The highest BCUT2D eigenvalue weighted by atomic mass is 16.2. The summed E-state index contributed by atoms with van der Waals surface area (Å²) < 4.78 is 1.12. The number of nitrogens with one attached hydrogen (secondary N) is 2. The number of benzene rings is 1. The van der Waals surface area contributed by atoms with Crippen molar-refractivity contribution in [2.75, 3.05) is 16.8 Å². The van der Waals surface area contributed by atoms with Crippen molar-refractivity contribution in [3.8, 4) is 0 Å². The second-order valence-corrected chi connectivity index (χ2v) is 6.26. The van der Waals surface area contributed by atoms with E-state index in [1.165, 1.54) is 19.2 Å². The van der Waals surface area contributed by atoms with Gasteiger partial charge in [-0.2, -0.15) is 5.10 Å². The highest BCUT2D eigenvalue weighted by Crippen LogP contribution is 2.36. The first-order chi connectivity index (χ1) is 12.0. The Morgan fingerprint density at radius 1 is 1.24 bits per heavy atom. The van der Waals surface area contributed by atoms with Gasteiger partial charge in [-0.05, 0) is 24.6 Å². The molecule has 0 saturated carbocycles. The Bertz CT molecular complexity index is 922. The Morgan fingerprint density at radius 2 is 2.04 bits per heavy atom. The summed E-state index contributed by atoms with van der Waals surface area (Å²) in [5.74, 6) is -0.412. The van der Waals surface area contributed by atoms with Crippen molar-refractivity contribution in [2.24, 2.45) is 7.05 Å². The fourth-order valence-corrected chi connectivity index (χ4v) is 3.38. The van der Waals surface area contributed by atoms with Crippen molar-refractivity contribution in [1.29, 1.82) is 0 Å². The maximum atomic E-state index is 12.4. The van der Waals surface area contributed by atoms with Gasteiger partial charge in [0.25, 0.3) is 11.5 Å². The average molecular weight is 339 g/mol. The van der Waals surface area contributed by atoms with Gasteiger partial charge >= 0.3 is 0 Å². The molecule has 2 N–H and O–H groups in total. The summed E-state index contributed by atoms with van der Waals surface area (Å²) in [7, 11) is 1.50. The molecule has 8 nitrogen and oxygen atoms in total. The van der Waals surface area contributed by atoms with E-state index in [-0.39, 0.29) is 35.2 Å². The molecule has 0 bridgehead atoms. The average Bonchev–Trinajstić information content (AvgIpc) is 3.02. The van der Waals surface area contributed by atoms with E-state index >= 15 is 0 Å². The minimum atomic E-state index is -0.353. The van der Waals surface area contributed by atoms with E-state index < -0.39 is 0 Å². The summed E-state index contributed by atoms with van der Waals surface area (Å²) in [5.41, 5.74) is 1.65. The summed E-state index contributed by atoms with van der Waals surface area (Å²) in [4.78, 5) is 38.1. The zero-order valence-electron chi connectivity index (χ0n) is 13.6. The maximum Gasteiger partial charge on any atom is 0.272 e. The molecule has 0 spiro atoms. The molecule has 1 fully saturated rings. The van der Waals surface area contributed by atoms with Crippen LogP contribution in [0.4, 0.5) is 11.4 Å². The van der Waals surface area contributed by atoms with Crippen LogP contribution >= 0.6 is 0 Å². The van der Waals surface area contributed by atoms with Gasteiger partial charge in [0.15, 0.2) is 0 Å². The molecule has 25 heavy (non-hydrogen) atoms. The van der Waals surface area contributed by atoms with E-state index in [9.17, 15) is 14.4 Å². The Kier molecular flexibility index (Phi) is 3.52. The van der Waals surface area contributed by atoms with Crippen LogP contribution in [0.1, 0.15) is 16.9 Å². The van der Waals surface area contributed by atoms with Crippen molar-refractivity contribution < 1.29 is 9.59 Å². The quantitative estimate of drug-likeness (QED) is 0.810. The van der Waals surface area contributed by atoms with Crippen LogP contribution in [0.25, 0.3) is 0 Å². The topological polar surface area (TPSA) is 96.3 Å². The number of hydrogen-bond donors (Lipinski definition) is 2. The van der Waals surface area contributed by atoms with Gasteiger partial charge in [-0.3, -0.25) is 14.4 Å². The summed E-state index contributed by atoms with van der Waals surface area (Å²) in [6.45, 7) is 0.548. The number of carbonyl (C=O) groups excluding carboxylic acids is 2. The van der Waals surface area contributed by atoms with Crippen molar-refractivity contribution >= 4 is 23.2 Å². The van der Waals surface area contributed by atoms with Crippen LogP contribution < -0.4 is 21.1 Å². The number of aryl methyl sites for hydroxylation is 1. The molecule has 1 aromatic heterocycles. The monoisotopic (exact) mass is 339 g/mol. The van der Waals surface area contributed by atoms with Crippen LogP contribution in [0.15, 0.2) is 41.2 Å². The fourth-order valence-electron chi connectivity index (χ4n) is 3.38. The van der Waals surface area contributed by atoms with Crippen LogP contribution in [0.3, 0.4) is 0 Å². The Morgan fingerprint density at radius 3 is 2.84 bits per heavy atom. The highest BCUT2D eigenvalue weighted by molar-refractivity contribution is 6.04. The summed E-state index contributed by atoms with van der Waals surface area (Å²) in [5, 5.41) is 9.77. The zero-order chi connectivity index (χ0) is 17.6. The molecule has 4 rings (SSSR count). The molecule has 2 aromatic rings. The van der Waals surface area contributed by atoms with E-state index in [2.05, 4.69) is 15.7 Å². The van der Waals surface area contributed by atoms with Crippen molar-refractivity contribution in [1.82, 2.24) is 15.1 Å². The number of amides is 2. The van der Waals surface area contributed by atoms with Gasteiger partial charge in [0.1, 0.15) is 11.7 Å². The molecular formula is C17H17N5O3. The molecule has 128 valence electrons. The lowest BCUT2D eigenvalue weighted by atomic mass is 10.1. The van der Waals surface area contributed by atoms with Gasteiger partial charge in [0.2, 0.25) is 5.91 Å². The predicted octanol–water partition coefficient (Wildman–Crippen LogP) is 0.110. The first-order valence-electron chi connectivity index (χ1n) is 8.04. The Hall–Kier alpha value is -3.16. The zero-order valence-corrected chi connectivity index (χ0v) is 13.6. The second kappa shape index (κ2) is 5.73. The Balaban J connectivity index is 1.53. The number of hydrogen-bond acceptors (Lipinski definition) is 5. The lowest BCUT2D eigenvalue weighted by molar-refractivity contribution is -0.117. The summed E-state index contributed by atoms with van der Waals surface area (Å²) >= 11 is 0. The number of para-hydroxylation sites is 2. The Labute approximate surface area is 143 Å². The normalized spacial score (nSPS) is 21.3. The minimum Gasteiger partial charge on any atom is -0.356 e. The van der Waals surface area contributed by atoms with Crippen LogP contribution in [0.2, 0.25) is 0 Å². The third-order valence-corrected chi connectivity index (χ3v) is 4.60. The molecule has 2 amide bonds. The first kappa shape index (κ1) is 15.4. The molecule has 8 heteroatoms. The molecule has 1 aromatic carbocycles. The van der Waals surface area contributed by atoms with E-state index in [1.807, 2.05) is 29.2 Å². The molecule has 2 aliphatic heterocycles. The van der Waals surface area contributed by atoms with Crippen LogP contribution in [-0.2, 0) is 11.8 Å². The minimum absolute atomic E-state index is 0.0596. The summed E-state index contributed by atoms with van der Waals surface area (Å²) in [6.07, 6.45) is 0.525. The molecule has 0 radical (unpaired) electrons. The third-order valence-electron chi connectivity index (χ3n) is 4.60. The van der Waals surface area contributed by atoms with E-state index in [1.54, 1.807) is 0 Å². The lowest BCUT2D eigenvalue weighted by Crippen LogP contribution is -2.44. The van der Waals surface area contributed by atoms with Crippen LogP contribution in [-0.4, -0.2) is 40.2 Å². The maximum absolute atomic E-state index is 12.4. The molecule has 2 atom stereocenters. The molecular weight excluding hydrogens is 322 g/mol. The largest absolute Gasteiger partial charge is 0.356 e. The van der Waals surface area contributed by atoms with E-state index in [0.717, 1.165) is 16.1 Å². The summed E-state index contributed by atoms with van der Waals surface area (Å²) in [6, 6.07) is 9.87. The predicted molar refractivity (Wildman–Crippen MR) is 91.6 cm³/mol. The molecule has 2 aliphatic rings. The van der Waals surface area contributed by atoms with Crippen LogP contribution in [0, 0.1) is 0 Å².